The first-order valence-corrected chi connectivity index (χ1v) is 13.7. The molecule has 2 aliphatic heterocycles. The number of cyclic esters (lactones) is 1. The molecule has 3 fully saturated rings. The Bertz CT molecular complexity index is 1200. The fraction of sp³-hybridized carbons (Fsp3) is 0.586. The molecular formula is C29H36F3N3O4. The molecule has 0 unspecified atom stereocenters. The summed E-state index contributed by atoms with van der Waals surface area (Å²) in [6.07, 6.45) is -0.548. The van der Waals surface area contributed by atoms with E-state index in [-0.39, 0.29) is 12.6 Å². The van der Waals surface area contributed by atoms with Crippen LogP contribution in [0.4, 0.5) is 23.8 Å². The number of rotatable bonds is 6. The number of halogens is 3. The van der Waals surface area contributed by atoms with Crippen molar-refractivity contribution in [3.63, 3.8) is 0 Å². The molecule has 2 atom stereocenters. The second-order valence-electron chi connectivity index (χ2n) is 10.9. The maximum atomic E-state index is 13.5. The van der Waals surface area contributed by atoms with Gasteiger partial charge in [0.25, 0.3) is 0 Å². The van der Waals surface area contributed by atoms with Crippen LogP contribution in [0.25, 0.3) is 0 Å². The Balaban J connectivity index is 1.37. The van der Waals surface area contributed by atoms with Gasteiger partial charge in [0.15, 0.2) is 5.79 Å². The van der Waals surface area contributed by atoms with E-state index in [1.165, 1.54) is 0 Å². The predicted octanol–water partition coefficient (Wildman–Crippen LogP) is 6.31. The lowest BCUT2D eigenvalue weighted by atomic mass is 9.88. The highest BCUT2D eigenvalue weighted by Crippen LogP contribution is 2.40. The quantitative estimate of drug-likeness (QED) is 0.422. The zero-order chi connectivity index (χ0) is 27.9. The monoisotopic (exact) mass is 547 g/mol. The number of pyridine rings is 1. The maximum absolute atomic E-state index is 13.5. The number of benzene rings is 1. The largest absolute Gasteiger partial charge is 0.439 e. The summed E-state index contributed by atoms with van der Waals surface area (Å²) in [5.74, 6) is 0.362. The first kappa shape index (κ1) is 27.7. The van der Waals surface area contributed by atoms with Crippen molar-refractivity contribution < 1.29 is 32.2 Å². The summed E-state index contributed by atoms with van der Waals surface area (Å²) in [6, 6.07) is 5.66. The molecule has 2 aromatic rings. The van der Waals surface area contributed by atoms with Crippen molar-refractivity contribution in [1.82, 2.24) is 9.88 Å². The molecule has 1 aromatic heterocycles. The van der Waals surface area contributed by atoms with Gasteiger partial charge < -0.3 is 19.1 Å². The van der Waals surface area contributed by atoms with Gasteiger partial charge in [-0.2, -0.15) is 13.2 Å². The van der Waals surface area contributed by atoms with Crippen LogP contribution in [-0.2, 0) is 26.9 Å². The minimum atomic E-state index is -4.48. The molecule has 2 saturated heterocycles. The van der Waals surface area contributed by atoms with E-state index in [1.807, 2.05) is 26.1 Å². The van der Waals surface area contributed by atoms with E-state index in [0.717, 1.165) is 61.3 Å². The minimum Gasteiger partial charge on any atom is -0.439 e. The predicted molar refractivity (Wildman–Crippen MR) is 139 cm³/mol. The molecule has 7 nitrogen and oxygen atoms in total. The first-order valence-electron chi connectivity index (χ1n) is 13.7. The number of aryl methyl sites for hydroxylation is 2. The molecule has 1 amide bonds. The molecular weight excluding hydrogens is 511 g/mol. The fourth-order valence-corrected chi connectivity index (χ4v) is 6.20. The molecule has 1 spiro atoms. The SMILES string of the molecule is CCN(c1ncc(C)cc1CN1C(=O)O[C@H](c2cc(C)cc(C(F)(F)F)c2)[C@@H]1C)C1CCC2(CC1)OCCO2. The number of hydrogen-bond donors (Lipinski definition) is 0. The molecule has 212 valence electrons. The Morgan fingerprint density at radius 2 is 1.77 bits per heavy atom. The number of nitrogens with zero attached hydrogens (tertiary/aromatic N) is 3. The third-order valence-corrected chi connectivity index (χ3v) is 8.15. The van der Waals surface area contributed by atoms with Gasteiger partial charge in [0.1, 0.15) is 11.9 Å². The van der Waals surface area contributed by atoms with E-state index in [0.29, 0.717) is 24.3 Å². The number of carbonyl (C=O) groups excluding carboxylic acids is 1. The van der Waals surface area contributed by atoms with Gasteiger partial charge >= 0.3 is 12.3 Å². The number of carbonyl (C=O) groups is 1. The third-order valence-electron chi connectivity index (χ3n) is 8.15. The Labute approximate surface area is 227 Å². The number of anilines is 1. The summed E-state index contributed by atoms with van der Waals surface area (Å²) in [4.78, 5) is 21.7. The van der Waals surface area contributed by atoms with Gasteiger partial charge in [-0.15, -0.1) is 0 Å². The van der Waals surface area contributed by atoms with Crippen LogP contribution >= 0.6 is 0 Å². The summed E-state index contributed by atoms with van der Waals surface area (Å²) >= 11 is 0. The van der Waals surface area contributed by atoms with Gasteiger partial charge in [-0.25, -0.2) is 9.78 Å². The van der Waals surface area contributed by atoms with Crippen molar-refractivity contribution in [2.45, 2.75) is 90.1 Å². The van der Waals surface area contributed by atoms with Crippen molar-refractivity contribution in [2.75, 3.05) is 24.7 Å². The Kier molecular flexibility index (Phi) is 7.54. The average Bonchev–Trinajstić information content (AvgIpc) is 3.45. The van der Waals surface area contributed by atoms with Crippen LogP contribution in [0, 0.1) is 13.8 Å². The van der Waals surface area contributed by atoms with Gasteiger partial charge in [0, 0.05) is 37.2 Å². The van der Waals surface area contributed by atoms with Crippen LogP contribution < -0.4 is 4.90 Å². The third kappa shape index (κ3) is 5.59. The van der Waals surface area contributed by atoms with Crippen molar-refractivity contribution in [1.29, 1.82) is 0 Å². The molecule has 0 N–H and O–H groups in total. The van der Waals surface area contributed by atoms with Crippen molar-refractivity contribution in [3.05, 3.63) is 58.3 Å². The molecule has 0 radical (unpaired) electrons. The van der Waals surface area contributed by atoms with Gasteiger partial charge in [-0.3, -0.25) is 4.90 Å². The van der Waals surface area contributed by atoms with Gasteiger partial charge in [-0.05, 0) is 69.9 Å². The summed E-state index contributed by atoms with van der Waals surface area (Å²) < 4.78 is 57.8. The summed E-state index contributed by atoms with van der Waals surface area (Å²) in [7, 11) is 0. The van der Waals surface area contributed by atoms with Gasteiger partial charge in [0.2, 0.25) is 0 Å². The fourth-order valence-electron chi connectivity index (χ4n) is 6.20. The highest BCUT2D eigenvalue weighted by molar-refractivity contribution is 5.71. The number of ether oxygens (including phenoxy) is 3. The Hall–Kier alpha value is -2.85. The van der Waals surface area contributed by atoms with E-state index in [2.05, 4.69) is 11.8 Å². The minimum absolute atomic E-state index is 0.248. The zero-order valence-corrected chi connectivity index (χ0v) is 22.9. The normalized spacial score (nSPS) is 23.5. The number of amides is 1. The van der Waals surface area contributed by atoms with Crippen molar-refractivity contribution in [3.8, 4) is 0 Å². The van der Waals surface area contributed by atoms with E-state index in [9.17, 15) is 18.0 Å². The van der Waals surface area contributed by atoms with Crippen LogP contribution in [0.5, 0.6) is 0 Å². The molecule has 10 heteroatoms. The molecule has 3 heterocycles. The molecule has 1 saturated carbocycles. The van der Waals surface area contributed by atoms with E-state index in [4.69, 9.17) is 19.2 Å². The van der Waals surface area contributed by atoms with E-state index < -0.39 is 35.8 Å². The highest BCUT2D eigenvalue weighted by atomic mass is 19.4. The van der Waals surface area contributed by atoms with Crippen molar-refractivity contribution in [2.24, 2.45) is 0 Å². The molecule has 1 aromatic carbocycles. The van der Waals surface area contributed by atoms with E-state index in [1.54, 1.807) is 17.9 Å². The smallest absolute Gasteiger partial charge is 0.416 e. The number of aromatic nitrogens is 1. The van der Waals surface area contributed by atoms with Crippen LogP contribution in [0.2, 0.25) is 0 Å². The molecule has 1 aliphatic carbocycles. The molecule has 0 bridgehead atoms. The lowest BCUT2D eigenvalue weighted by Crippen LogP contribution is -2.45. The van der Waals surface area contributed by atoms with Gasteiger partial charge in [0.05, 0.1) is 31.4 Å². The molecule has 39 heavy (non-hydrogen) atoms. The number of hydrogen-bond acceptors (Lipinski definition) is 6. The van der Waals surface area contributed by atoms with E-state index >= 15 is 0 Å². The second kappa shape index (κ2) is 10.6. The Morgan fingerprint density at radius 1 is 1.08 bits per heavy atom. The highest BCUT2D eigenvalue weighted by Gasteiger charge is 2.43. The first-order chi connectivity index (χ1) is 18.5. The van der Waals surface area contributed by atoms with Gasteiger partial charge in [-0.1, -0.05) is 11.6 Å². The molecule has 3 aliphatic rings. The lowest BCUT2D eigenvalue weighted by Gasteiger charge is -2.41. The second-order valence-corrected chi connectivity index (χ2v) is 10.9. The summed E-state index contributed by atoms with van der Waals surface area (Å²) in [5, 5.41) is 0. The van der Waals surface area contributed by atoms with Crippen LogP contribution in [0.3, 0.4) is 0 Å². The van der Waals surface area contributed by atoms with Crippen molar-refractivity contribution >= 4 is 11.9 Å². The zero-order valence-electron chi connectivity index (χ0n) is 22.9. The number of alkyl halides is 3. The summed E-state index contributed by atoms with van der Waals surface area (Å²) in [6.45, 7) is 9.74. The average molecular weight is 548 g/mol. The maximum Gasteiger partial charge on any atom is 0.416 e. The summed E-state index contributed by atoms with van der Waals surface area (Å²) in [5.41, 5.74) is 1.91. The molecule has 5 rings (SSSR count). The lowest BCUT2D eigenvalue weighted by molar-refractivity contribution is -0.178. The van der Waals surface area contributed by atoms with Crippen LogP contribution in [0.15, 0.2) is 30.5 Å². The van der Waals surface area contributed by atoms with Crippen LogP contribution in [-0.4, -0.2) is 53.6 Å². The Morgan fingerprint density at radius 3 is 2.41 bits per heavy atom. The topological polar surface area (TPSA) is 64.1 Å². The standard InChI is InChI=1S/C29H36F3N3O4/c1-5-34(24-6-8-28(9-7-24)37-10-11-38-28)26-22(13-19(3)16-33-26)17-35-20(4)25(39-27(35)36)21-12-18(2)14-23(15-21)29(30,31)32/h12-16,20,24-25H,5-11,17H2,1-4H3/t20-,25-/m0/s1. The van der Waals surface area contributed by atoms with Crippen LogP contribution in [0.1, 0.15) is 73.5 Å².